The van der Waals surface area contributed by atoms with E-state index in [4.69, 9.17) is 4.74 Å². The van der Waals surface area contributed by atoms with Crippen LogP contribution in [-0.4, -0.2) is 63.7 Å². The molecule has 226 valence electrons. The molecule has 5 rings (SSSR count). The number of carbonyl (C=O) groups is 2. The van der Waals surface area contributed by atoms with Crippen molar-refractivity contribution in [2.45, 2.75) is 27.2 Å². The van der Waals surface area contributed by atoms with Gasteiger partial charge in [0.05, 0.1) is 7.11 Å². The minimum absolute atomic E-state index is 0.168. The molecule has 1 saturated heterocycles. The molecule has 0 saturated carbocycles. The monoisotopic (exact) mass is 577 g/mol. The van der Waals surface area contributed by atoms with Crippen LogP contribution in [0.2, 0.25) is 0 Å². The van der Waals surface area contributed by atoms with Crippen LogP contribution in [0.4, 0.5) is 10.1 Å². The van der Waals surface area contributed by atoms with Gasteiger partial charge in [-0.15, -0.1) is 0 Å². The predicted molar refractivity (Wildman–Crippen MR) is 170 cm³/mol. The van der Waals surface area contributed by atoms with Gasteiger partial charge < -0.3 is 30.6 Å². The highest BCUT2D eigenvalue weighted by Gasteiger charge is 2.10. The van der Waals surface area contributed by atoms with Crippen LogP contribution in [0.15, 0.2) is 78.9 Å². The number of aryl methyl sites for hydroxylation is 1. The zero-order valence-electron chi connectivity index (χ0n) is 25.1. The minimum atomic E-state index is -0.206. The van der Waals surface area contributed by atoms with Crippen LogP contribution in [0.3, 0.4) is 0 Å². The number of benzene rings is 3. The summed E-state index contributed by atoms with van der Waals surface area (Å²) in [6.07, 6.45) is 1.74. The molecule has 42 heavy (non-hydrogen) atoms. The third-order valence-electron chi connectivity index (χ3n) is 6.27. The Kier molecular flexibility index (Phi) is 15.8. The maximum atomic E-state index is 12.6. The quantitative estimate of drug-likeness (QED) is 0.171. The lowest BCUT2D eigenvalue weighted by atomic mass is 10.2. The number of rotatable bonds is 8. The lowest BCUT2D eigenvalue weighted by molar-refractivity contribution is -0.109. The lowest BCUT2D eigenvalue weighted by Crippen LogP contribution is -2.43. The highest BCUT2D eigenvalue weighted by molar-refractivity contribution is 5.98. The Labute approximate surface area is 248 Å². The highest BCUT2D eigenvalue weighted by atomic mass is 19.1. The number of carbonyl (C=O) groups excluding carboxylic acids is 2. The van der Waals surface area contributed by atoms with Crippen molar-refractivity contribution >= 4 is 28.9 Å². The third-order valence-corrected chi connectivity index (χ3v) is 6.27. The van der Waals surface area contributed by atoms with Gasteiger partial charge in [-0.25, -0.2) is 4.39 Å². The number of fused-ring (bicyclic) bond motifs is 1. The van der Waals surface area contributed by atoms with Gasteiger partial charge in [0.1, 0.15) is 17.3 Å². The summed E-state index contributed by atoms with van der Waals surface area (Å²) in [7, 11) is 1.60. The lowest BCUT2D eigenvalue weighted by Gasteiger charge is -2.29. The molecule has 4 aromatic rings. The Balaban J connectivity index is 0.000000231. The third kappa shape index (κ3) is 11.6. The fraction of sp³-hybridized carbons (Fsp3) is 0.333. The maximum absolute atomic E-state index is 12.6. The van der Waals surface area contributed by atoms with Crippen molar-refractivity contribution in [1.29, 1.82) is 0 Å². The van der Waals surface area contributed by atoms with Crippen molar-refractivity contribution in [2.24, 2.45) is 0 Å². The van der Waals surface area contributed by atoms with E-state index in [9.17, 15) is 14.0 Å². The van der Waals surface area contributed by atoms with E-state index in [2.05, 4.69) is 57.0 Å². The summed E-state index contributed by atoms with van der Waals surface area (Å²) in [5, 5.41) is 9.37. The van der Waals surface area contributed by atoms with Gasteiger partial charge in [0, 0.05) is 55.9 Å². The number of anilines is 1. The standard InChI is InChI=1S/C13H15N3O3.C10H13FN2.C8H10.C2H6/c1-19-10-2-3-11-9(6-10)7-12(16-11)13(18)15-5-4-14-8-17;11-9-1-3-10(4-2-9)13-7-5-12-6-8-13;1-2-8-6-4-3-5-7-8;1-2/h2-3,6-8,16H,4-5H2,1H3,(H,14,17)(H,15,18);1-4,12H,5-8H2;3-7H,2H2,1H3;1-2H3. The average molecular weight is 578 g/mol. The summed E-state index contributed by atoms with van der Waals surface area (Å²) < 4.78 is 17.8. The minimum Gasteiger partial charge on any atom is -0.497 e. The smallest absolute Gasteiger partial charge is 0.267 e. The van der Waals surface area contributed by atoms with Gasteiger partial charge in [0.15, 0.2) is 0 Å². The number of methoxy groups -OCH3 is 1. The first-order valence-corrected chi connectivity index (χ1v) is 14.4. The molecule has 2 amide bonds. The number of amides is 2. The first-order chi connectivity index (χ1) is 20.5. The van der Waals surface area contributed by atoms with Crippen LogP contribution in [0.1, 0.15) is 36.8 Å². The molecule has 3 aromatic carbocycles. The molecule has 0 aliphatic carbocycles. The Morgan fingerprint density at radius 1 is 0.976 bits per heavy atom. The zero-order chi connectivity index (χ0) is 30.6. The second kappa shape index (κ2) is 19.7. The summed E-state index contributed by atoms with van der Waals surface area (Å²) in [6.45, 7) is 11.0. The number of piperazine rings is 1. The van der Waals surface area contributed by atoms with E-state index in [0.29, 0.717) is 25.2 Å². The largest absolute Gasteiger partial charge is 0.497 e. The molecule has 1 aliphatic rings. The predicted octanol–water partition coefficient (Wildman–Crippen LogP) is 5.16. The fourth-order valence-corrected chi connectivity index (χ4v) is 4.05. The van der Waals surface area contributed by atoms with Gasteiger partial charge in [0.2, 0.25) is 6.41 Å². The fourth-order valence-electron chi connectivity index (χ4n) is 4.05. The van der Waals surface area contributed by atoms with E-state index < -0.39 is 0 Å². The molecule has 0 bridgehead atoms. The van der Waals surface area contributed by atoms with Crippen LogP contribution >= 0.6 is 0 Å². The number of hydrogen-bond donors (Lipinski definition) is 4. The van der Waals surface area contributed by atoms with Gasteiger partial charge in [-0.3, -0.25) is 9.59 Å². The van der Waals surface area contributed by atoms with Crippen LogP contribution in [0.5, 0.6) is 5.75 Å². The van der Waals surface area contributed by atoms with Crippen molar-refractivity contribution in [1.82, 2.24) is 20.9 Å². The van der Waals surface area contributed by atoms with Crippen molar-refractivity contribution < 1.29 is 18.7 Å². The Morgan fingerprint density at radius 2 is 1.67 bits per heavy atom. The van der Waals surface area contributed by atoms with E-state index in [1.165, 1.54) is 17.7 Å². The molecule has 0 radical (unpaired) electrons. The molecule has 0 atom stereocenters. The summed E-state index contributed by atoms with van der Waals surface area (Å²) in [6, 6.07) is 24.5. The summed E-state index contributed by atoms with van der Waals surface area (Å²) >= 11 is 0. The Bertz CT molecular complexity index is 1310. The molecule has 2 heterocycles. The Hall–Kier alpha value is -4.37. The van der Waals surface area contributed by atoms with E-state index in [1.54, 1.807) is 13.2 Å². The molecule has 0 unspecified atom stereocenters. The van der Waals surface area contributed by atoms with Gasteiger partial charge in [-0.1, -0.05) is 51.1 Å². The molecule has 1 aliphatic heterocycles. The first kappa shape index (κ1) is 33.8. The number of H-pyrrole nitrogens is 1. The molecule has 8 nitrogen and oxygen atoms in total. The van der Waals surface area contributed by atoms with E-state index in [0.717, 1.165) is 54.9 Å². The maximum Gasteiger partial charge on any atom is 0.267 e. The highest BCUT2D eigenvalue weighted by Crippen LogP contribution is 2.21. The molecule has 4 N–H and O–H groups in total. The number of hydrogen-bond acceptors (Lipinski definition) is 5. The summed E-state index contributed by atoms with van der Waals surface area (Å²) in [5.41, 5.74) is 3.88. The van der Waals surface area contributed by atoms with Crippen molar-refractivity contribution in [3.63, 3.8) is 0 Å². The first-order valence-electron chi connectivity index (χ1n) is 14.4. The molecular formula is C33H44FN5O3. The Morgan fingerprint density at radius 3 is 2.26 bits per heavy atom. The van der Waals surface area contributed by atoms with Gasteiger partial charge in [0.25, 0.3) is 5.91 Å². The molecule has 1 aromatic heterocycles. The van der Waals surface area contributed by atoms with Gasteiger partial charge >= 0.3 is 0 Å². The number of ether oxygens (including phenoxy) is 1. The number of nitrogens with zero attached hydrogens (tertiary/aromatic N) is 1. The second-order valence-corrected chi connectivity index (χ2v) is 9.02. The van der Waals surface area contributed by atoms with Crippen LogP contribution < -0.4 is 25.6 Å². The molecule has 1 fully saturated rings. The zero-order valence-corrected chi connectivity index (χ0v) is 25.1. The van der Waals surface area contributed by atoms with Crippen LogP contribution in [-0.2, 0) is 11.2 Å². The van der Waals surface area contributed by atoms with Gasteiger partial charge in [-0.2, -0.15) is 0 Å². The van der Waals surface area contributed by atoms with E-state index in [1.807, 2.05) is 50.2 Å². The SMILES string of the molecule is CC.CCc1ccccc1.COc1ccc2[nH]c(C(=O)NCCNC=O)cc2c1.Fc1ccc(N2CCNCC2)cc1. The van der Waals surface area contributed by atoms with Crippen molar-refractivity contribution in [2.75, 3.05) is 51.3 Å². The van der Waals surface area contributed by atoms with Gasteiger partial charge in [-0.05, 0) is 60.5 Å². The van der Waals surface area contributed by atoms with Crippen LogP contribution in [0.25, 0.3) is 10.9 Å². The van der Waals surface area contributed by atoms with E-state index >= 15 is 0 Å². The topological polar surface area (TPSA) is 98.5 Å². The van der Waals surface area contributed by atoms with Crippen molar-refractivity contribution in [3.05, 3.63) is 95.9 Å². The summed E-state index contributed by atoms with van der Waals surface area (Å²) in [5.74, 6) is 0.371. The van der Waals surface area contributed by atoms with E-state index in [-0.39, 0.29) is 11.7 Å². The number of aromatic nitrogens is 1. The molecular weight excluding hydrogens is 533 g/mol. The number of halogens is 1. The number of aromatic amines is 1. The average Bonchev–Trinajstić information content (AvgIpc) is 3.49. The molecule has 0 spiro atoms. The van der Waals surface area contributed by atoms with Crippen molar-refractivity contribution in [3.8, 4) is 5.75 Å². The number of nitrogens with one attached hydrogen (secondary N) is 4. The summed E-state index contributed by atoms with van der Waals surface area (Å²) in [4.78, 5) is 27.2. The normalized spacial score (nSPS) is 11.9. The second-order valence-electron chi connectivity index (χ2n) is 9.02. The molecule has 9 heteroatoms. The van der Waals surface area contributed by atoms with Crippen LogP contribution in [0, 0.1) is 5.82 Å².